The zero-order valence-electron chi connectivity index (χ0n) is 14.8. The SMILES string of the molecule is CC(NC(=O)Nc1ccc(Nc2ccccc2)cc1)Oc1ccc(O)cc1. The van der Waals surface area contributed by atoms with E-state index in [4.69, 9.17) is 4.74 Å². The average Bonchev–Trinajstić information content (AvgIpc) is 2.66. The van der Waals surface area contributed by atoms with Crippen LogP contribution in [0.3, 0.4) is 0 Å². The van der Waals surface area contributed by atoms with Crippen molar-refractivity contribution < 1.29 is 14.6 Å². The number of ether oxygens (including phenoxy) is 1. The van der Waals surface area contributed by atoms with Crippen molar-refractivity contribution in [3.8, 4) is 11.5 Å². The molecule has 1 atom stereocenters. The van der Waals surface area contributed by atoms with Crippen LogP contribution in [0.25, 0.3) is 0 Å². The normalized spacial score (nSPS) is 11.3. The second-order valence-corrected chi connectivity index (χ2v) is 5.92. The fraction of sp³-hybridized carbons (Fsp3) is 0.0952. The summed E-state index contributed by atoms with van der Waals surface area (Å²) in [5, 5.41) is 18.0. The summed E-state index contributed by atoms with van der Waals surface area (Å²) >= 11 is 0. The molecule has 2 amide bonds. The van der Waals surface area contributed by atoms with Crippen molar-refractivity contribution in [2.24, 2.45) is 0 Å². The molecule has 0 fully saturated rings. The minimum atomic E-state index is -0.534. The Kier molecular flexibility index (Phi) is 5.79. The molecule has 1 unspecified atom stereocenters. The molecule has 4 N–H and O–H groups in total. The molecule has 3 rings (SSSR count). The maximum absolute atomic E-state index is 12.1. The smallest absolute Gasteiger partial charge is 0.322 e. The van der Waals surface area contributed by atoms with Gasteiger partial charge in [-0.3, -0.25) is 0 Å². The maximum atomic E-state index is 12.1. The van der Waals surface area contributed by atoms with Crippen LogP contribution in [0, 0.1) is 0 Å². The Morgan fingerprint density at radius 2 is 1.44 bits per heavy atom. The largest absolute Gasteiger partial charge is 0.508 e. The number of carbonyl (C=O) groups excluding carboxylic acids is 1. The van der Waals surface area contributed by atoms with E-state index in [1.165, 1.54) is 12.1 Å². The molecule has 0 aliphatic rings. The molecule has 27 heavy (non-hydrogen) atoms. The number of rotatable bonds is 6. The van der Waals surface area contributed by atoms with Gasteiger partial charge in [0.2, 0.25) is 0 Å². The van der Waals surface area contributed by atoms with Crippen molar-refractivity contribution in [2.45, 2.75) is 13.2 Å². The van der Waals surface area contributed by atoms with E-state index < -0.39 is 6.23 Å². The number of phenols is 1. The van der Waals surface area contributed by atoms with Crippen LogP contribution in [-0.2, 0) is 0 Å². The Balaban J connectivity index is 1.49. The van der Waals surface area contributed by atoms with Crippen LogP contribution >= 0.6 is 0 Å². The maximum Gasteiger partial charge on any atom is 0.322 e. The Labute approximate surface area is 157 Å². The Morgan fingerprint density at radius 3 is 2.11 bits per heavy atom. The van der Waals surface area contributed by atoms with Crippen LogP contribution in [0.1, 0.15) is 6.92 Å². The average molecular weight is 363 g/mol. The first-order valence-electron chi connectivity index (χ1n) is 8.54. The Hall–Kier alpha value is -3.67. The molecule has 0 saturated carbocycles. The van der Waals surface area contributed by atoms with E-state index in [1.807, 2.05) is 54.6 Å². The van der Waals surface area contributed by atoms with Gasteiger partial charge in [0.1, 0.15) is 11.5 Å². The topological polar surface area (TPSA) is 82.6 Å². The summed E-state index contributed by atoms with van der Waals surface area (Å²) in [6, 6.07) is 23.2. The molecule has 0 aliphatic heterocycles. The third kappa shape index (κ3) is 5.67. The minimum Gasteiger partial charge on any atom is -0.508 e. The molecular weight excluding hydrogens is 342 g/mol. The van der Waals surface area contributed by atoms with Crippen LogP contribution in [0.2, 0.25) is 0 Å². The van der Waals surface area contributed by atoms with Crippen LogP contribution < -0.4 is 20.7 Å². The lowest BCUT2D eigenvalue weighted by Gasteiger charge is -2.17. The fourth-order valence-corrected chi connectivity index (χ4v) is 2.44. The zero-order chi connectivity index (χ0) is 19.1. The summed E-state index contributed by atoms with van der Waals surface area (Å²) in [5.41, 5.74) is 2.59. The van der Waals surface area contributed by atoms with Gasteiger partial charge in [-0.2, -0.15) is 0 Å². The quantitative estimate of drug-likeness (QED) is 0.479. The van der Waals surface area contributed by atoms with E-state index in [-0.39, 0.29) is 11.8 Å². The predicted octanol–water partition coefficient (Wildman–Crippen LogP) is 4.68. The van der Waals surface area contributed by atoms with Crippen molar-refractivity contribution in [3.05, 3.63) is 78.9 Å². The molecule has 0 aliphatic carbocycles. The number of amides is 2. The van der Waals surface area contributed by atoms with Gasteiger partial charge in [0.25, 0.3) is 0 Å². The molecule has 3 aromatic carbocycles. The van der Waals surface area contributed by atoms with Crippen molar-refractivity contribution in [1.82, 2.24) is 5.32 Å². The van der Waals surface area contributed by atoms with Gasteiger partial charge in [0, 0.05) is 17.1 Å². The van der Waals surface area contributed by atoms with Crippen molar-refractivity contribution in [3.63, 3.8) is 0 Å². The highest BCUT2D eigenvalue weighted by molar-refractivity contribution is 5.89. The molecule has 3 aromatic rings. The van der Waals surface area contributed by atoms with Gasteiger partial charge < -0.3 is 25.8 Å². The highest BCUT2D eigenvalue weighted by Gasteiger charge is 2.09. The number of nitrogens with one attached hydrogen (secondary N) is 3. The second-order valence-electron chi connectivity index (χ2n) is 5.92. The van der Waals surface area contributed by atoms with Gasteiger partial charge >= 0.3 is 6.03 Å². The summed E-state index contributed by atoms with van der Waals surface area (Å²) in [7, 11) is 0. The van der Waals surface area contributed by atoms with Gasteiger partial charge in [-0.05, 0) is 67.6 Å². The summed E-state index contributed by atoms with van der Waals surface area (Å²) in [4.78, 5) is 12.1. The van der Waals surface area contributed by atoms with E-state index in [0.29, 0.717) is 11.4 Å². The first-order valence-corrected chi connectivity index (χ1v) is 8.54. The molecule has 0 bridgehead atoms. The molecule has 6 nitrogen and oxygen atoms in total. The number of aromatic hydroxyl groups is 1. The molecule has 138 valence electrons. The lowest BCUT2D eigenvalue weighted by Crippen LogP contribution is -2.39. The Bertz CT molecular complexity index is 865. The first kappa shape index (κ1) is 18.1. The lowest BCUT2D eigenvalue weighted by atomic mass is 10.2. The summed E-state index contributed by atoms with van der Waals surface area (Å²) in [5.74, 6) is 0.711. The first-order chi connectivity index (χ1) is 13.1. The van der Waals surface area contributed by atoms with Gasteiger partial charge in [-0.25, -0.2) is 4.79 Å². The van der Waals surface area contributed by atoms with Gasteiger partial charge in [0.15, 0.2) is 6.23 Å². The monoisotopic (exact) mass is 363 g/mol. The number of para-hydroxylation sites is 1. The third-order valence-corrected chi connectivity index (χ3v) is 3.69. The molecule has 6 heteroatoms. The van der Waals surface area contributed by atoms with Crippen molar-refractivity contribution >= 4 is 23.1 Å². The molecule has 0 radical (unpaired) electrons. The zero-order valence-corrected chi connectivity index (χ0v) is 14.8. The van der Waals surface area contributed by atoms with E-state index in [1.54, 1.807) is 19.1 Å². The van der Waals surface area contributed by atoms with E-state index >= 15 is 0 Å². The number of carbonyl (C=O) groups is 1. The van der Waals surface area contributed by atoms with Gasteiger partial charge in [-0.15, -0.1) is 0 Å². The summed E-state index contributed by atoms with van der Waals surface area (Å²) in [6.45, 7) is 1.72. The summed E-state index contributed by atoms with van der Waals surface area (Å²) < 4.78 is 5.57. The number of hydrogen-bond acceptors (Lipinski definition) is 4. The van der Waals surface area contributed by atoms with Crippen molar-refractivity contribution in [1.29, 1.82) is 0 Å². The van der Waals surface area contributed by atoms with Crippen LogP contribution in [0.4, 0.5) is 21.9 Å². The van der Waals surface area contributed by atoms with Crippen LogP contribution in [0.5, 0.6) is 11.5 Å². The molecular formula is C21H21N3O3. The van der Waals surface area contributed by atoms with E-state index in [2.05, 4.69) is 16.0 Å². The van der Waals surface area contributed by atoms with Gasteiger partial charge in [0.05, 0.1) is 0 Å². The highest BCUT2D eigenvalue weighted by atomic mass is 16.5. The third-order valence-electron chi connectivity index (χ3n) is 3.69. The molecule has 0 spiro atoms. The van der Waals surface area contributed by atoms with Crippen molar-refractivity contribution in [2.75, 3.05) is 10.6 Å². The predicted molar refractivity (Wildman–Crippen MR) is 107 cm³/mol. The van der Waals surface area contributed by atoms with Crippen LogP contribution in [0.15, 0.2) is 78.9 Å². The molecule has 0 saturated heterocycles. The minimum absolute atomic E-state index is 0.158. The molecule has 0 aromatic heterocycles. The highest BCUT2D eigenvalue weighted by Crippen LogP contribution is 2.19. The number of anilines is 3. The number of hydrogen-bond donors (Lipinski definition) is 4. The van der Waals surface area contributed by atoms with Crippen LogP contribution in [-0.4, -0.2) is 17.4 Å². The molecule has 0 heterocycles. The summed E-state index contributed by atoms with van der Waals surface area (Å²) in [6.07, 6.45) is -0.534. The lowest BCUT2D eigenvalue weighted by molar-refractivity contribution is 0.183. The number of phenolic OH excluding ortho intramolecular Hbond substituents is 1. The number of urea groups is 1. The van der Waals surface area contributed by atoms with E-state index in [9.17, 15) is 9.90 Å². The second kappa shape index (κ2) is 8.62. The number of benzene rings is 3. The van der Waals surface area contributed by atoms with Gasteiger partial charge in [-0.1, -0.05) is 18.2 Å². The fourth-order valence-electron chi connectivity index (χ4n) is 2.44. The standard InChI is InChI=1S/C21H21N3O3/c1-15(27-20-13-11-19(25)12-14-20)22-21(26)24-18-9-7-17(8-10-18)23-16-5-3-2-4-6-16/h2-15,23,25H,1H3,(H2,22,24,26). The van der Waals surface area contributed by atoms with E-state index in [0.717, 1.165) is 11.4 Å². The Morgan fingerprint density at radius 1 is 0.852 bits per heavy atom.